The topological polar surface area (TPSA) is 12.9 Å². The van der Waals surface area contributed by atoms with Gasteiger partial charge in [0.1, 0.15) is 11.5 Å². The Morgan fingerprint density at radius 2 is 1.94 bits per heavy atom. The Labute approximate surface area is 102 Å². The van der Waals surface area contributed by atoms with Crippen LogP contribution in [0.5, 0.6) is 0 Å². The Kier molecular flexibility index (Phi) is 3.08. The monoisotopic (exact) mass is 309 g/mol. The van der Waals surface area contributed by atoms with Crippen molar-refractivity contribution in [1.82, 2.24) is 4.98 Å². The Balaban J connectivity index is 2.77. The number of hydrogen-bond acceptors (Lipinski definition) is 1. The molecule has 0 saturated carbocycles. The van der Waals surface area contributed by atoms with Crippen LogP contribution in [0.25, 0.3) is 10.9 Å². The average Bonchev–Trinajstić information content (AvgIpc) is 2.20. The molecule has 0 fully saturated rings. The molecule has 84 valence electrons. The van der Waals surface area contributed by atoms with E-state index in [-0.39, 0.29) is 15.0 Å². The van der Waals surface area contributed by atoms with E-state index < -0.39 is 17.9 Å². The number of fused-ring (bicyclic) bond motifs is 1. The zero-order chi connectivity index (χ0) is 11.9. The number of benzene rings is 1. The summed E-state index contributed by atoms with van der Waals surface area (Å²) in [6, 6.07) is 3.56. The van der Waals surface area contributed by atoms with Crippen LogP contribution in [0.4, 0.5) is 13.2 Å². The smallest absolute Gasteiger partial charge is 0.247 e. The molecule has 2 aromatic rings. The second-order valence-corrected chi connectivity index (χ2v) is 4.37. The normalized spacial score (nSPS) is 11.4. The summed E-state index contributed by atoms with van der Waals surface area (Å²) in [7, 11) is 0. The van der Waals surface area contributed by atoms with E-state index in [9.17, 15) is 13.2 Å². The number of pyridine rings is 1. The first-order valence-corrected chi connectivity index (χ1v) is 5.39. The molecule has 0 saturated heterocycles. The van der Waals surface area contributed by atoms with E-state index in [0.29, 0.717) is 5.39 Å². The van der Waals surface area contributed by atoms with E-state index >= 15 is 0 Å². The van der Waals surface area contributed by atoms with Crippen LogP contribution in [-0.4, -0.2) is 4.98 Å². The van der Waals surface area contributed by atoms with Gasteiger partial charge in [0.05, 0.1) is 15.0 Å². The first-order chi connectivity index (χ1) is 7.49. The van der Waals surface area contributed by atoms with Crippen molar-refractivity contribution in [3.8, 4) is 0 Å². The molecule has 0 aliphatic rings. The summed E-state index contributed by atoms with van der Waals surface area (Å²) in [6.45, 7) is 0. The summed E-state index contributed by atoms with van der Waals surface area (Å²) in [5.74, 6) is -0.567. The molecule has 0 spiro atoms. The van der Waals surface area contributed by atoms with Gasteiger partial charge in [0.15, 0.2) is 0 Å². The van der Waals surface area contributed by atoms with Crippen molar-refractivity contribution in [2.45, 2.75) is 6.43 Å². The maximum absolute atomic E-state index is 13.2. The van der Waals surface area contributed by atoms with Crippen molar-refractivity contribution in [2.75, 3.05) is 0 Å². The summed E-state index contributed by atoms with van der Waals surface area (Å²) in [5, 5.41) is 0.556. The third kappa shape index (κ3) is 2.01. The third-order valence-electron chi connectivity index (χ3n) is 2.04. The van der Waals surface area contributed by atoms with Gasteiger partial charge < -0.3 is 0 Å². The summed E-state index contributed by atoms with van der Waals surface area (Å²) in [5.41, 5.74) is -0.345. The van der Waals surface area contributed by atoms with Gasteiger partial charge in [-0.3, -0.25) is 0 Å². The molecular formula is C10H4BrClF3N. The van der Waals surface area contributed by atoms with Crippen molar-refractivity contribution in [3.63, 3.8) is 0 Å². The SMILES string of the molecule is Fc1cc2nc(C(F)F)cc(Cl)c2cc1Br. The fourth-order valence-corrected chi connectivity index (χ4v) is 1.92. The van der Waals surface area contributed by atoms with Crippen LogP contribution in [-0.2, 0) is 0 Å². The molecule has 6 heteroatoms. The highest BCUT2D eigenvalue weighted by Gasteiger charge is 2.13. The van der Waals surface area contributed by atoms with Crippen molar-refractivity contribution < 1.29 is 13.2 Å². The van der Waals surface area contributed by atoms with E-state index in [1.54, 1.807) is 0 Å². The average molecular weight is 310 g/mol. The Morgan fingerprint density at radius 3 is 2.56 bits per heavy atom. The first kappa shape index (κ1) is 11.7. The molecule has 0 N–H and O–H groups in total. The summed E-state index contributed by atoms with van der Waals surface area (Å²) >= 11 is 8.80. The van der Waals surface area contributed by atoms with Crippen molar-refractivity contribution in [1.29, 1.82) is 0 Å². The standard InChI is InChI=1S/C10H4BrClF3N/c11-5-1-4-6(12)2-9(10(14)15)16-8(4)3-7(5)13/h1-3,10H. The summed E-state index contributed by atoms with van der Waals surface area (Å²) < 4.78 is 38.3. The maximum Gasteiger partial charge on any atom is 0.280 e. The fourth-order valence-electron chi connectivity index (χ4n) is 1.31. The van der Waals surface area contributed by atoms with Gasteiger partial charge in [-0.1, -0.05) is 11.6 Å². The summed E-state index contributed by atoms with van der Waals surface area (Å²) in [6.07, 6.45) is -2.73. The second kappa shape index (κ2) is 4.22. The lowest BCUT2D eigenvalue weighted by Crippen LogP contribution is -1.92. The highest BCUT2D eigenvalue weighted by molar-refractivity contribution is 9.10. The predicted molar refractivity (Wildman–Crippen MR) is 59.4 cm³/mol. The molecule has 2 rings (SSSR count). The van der Waals surface area contributed by atoms with Gasteiger partial charge in [-0.2, -0.15) is 0 Å². The van der Waals surface area contributed by atoms with Gasteiger partial charge in [-0.25, -0.2) is 18.2 Å². The van der Waals surface area contributed by atoms with Gasteiger partial charge in [-0.05, 0) is 28.1 Å². The molecule has 0 bridgehead atoms. The molecule has 0 aliphatic carbocycles. The molecule has 0 atom stereocenters. The molecule has 16 heavy (non-hydrogen) atoms. The molecule has 1 heterocycles. The Hall–Kier alpha value is -0.810. The largest absolute Gasteiger partial charge is 0.280 e. The zero-order valence-electron chi connectivity index (χ0n) is 7.65. The Bertz CT molecular complexity index is 559. The molecule has 1 aromatic heterocycles. The van der Waals surface area contributed by atoms with Crippen LogP contribution in [0, 0.1) is 5.82 Å². The summed E-state index contributed by atoms with van der Waals surface area (Å²) in [4.78, 5) is 3.64. The molecule has 0 amide bonds. The van der Waals surface area contributed by atoms with Crippen LogP contribution in [0.1, 0.15) is 12.1 Å². The highest BCUT2D eigenvalue weighted by atomic mass is 79.9. The quantitative estimate of drug-likeness (QED) is 0.742. The van der Waals surface area contributed by atoms with Crippen molar-refractivity contribution >= 4 is 38.4 Å². The van der Waals surface area contributed by atoms with Crippen molar-refractivity contribution in [2.24, 2.45) is 0 Å². The highest BCUT2D eigenvalue weighted by Crippen LogP contribution is 2.30. The number of hydrogen-bond donors (Lipinski definition) is 0. The lowest BCUT2D eigenvalue weighted by molar-refractivity contribution is 0.146. The van der Waals surface area contributed by atoms with Crippen LogP contribution < -0.4 is 0 Å². The van der Waals surface area contributed by atoms with Crippen LogP contribution in [0.3, 0.4) is 0 Å². The molecule has 0 unspecified atom stereocenters. The minimum atomic E-state index is -2.73. The van der Waals surface area contributed by atoms with Gasteiger partial charge in [-0.15, -0.1) is 0 Å². The number of alkyl halides is 2. The minimum Gasteiger partial charge on any atom is -0.247 e. The number of halogens is 5. The van der Waals surface area contributed by atoms with Crippen molar-refractivity contribution in [3.05, 3.63) is 39.2 Å². The van der Waals surface area contributed by atoms with Gasteiger partial charge in [0.25, 0.3) is 6.43 Å². The van der Waals surface area contributed by atoms with Crippen LogP contribution in [0.15, 0.2) is 22.7 Å². The minimum absolute atomic E-state index is 0.114. The van der Waals surface area contributed by atoms with Gasteiger partial charge in [0, 0.05) is 11.5 Å². The van der Waals surface area contributed by atoms with E-state index in [2.05, 4.69) is 20.9 Å². The molecule has 1 aromatic carbocycles. The van der Waals surface area contributed by atoms with E-state index in [0.717, 1.165) is 12.1 Å². The van der Waals surface area contributed by atoms with Gasteiger partial charge in [0.2, 0.25) is 0 Å². The van der Waals surface area contributed by atoms with E-state index in [4.69, 9.17) is 11.6 Å². The Morgan fingerprint density at radius 1 is 1.25 bits per heavy atom. The molecular weight excluding hydrogens is 306 g/mol. The van der Waals surface area contributed by atoms with Gasteiger partial charge >= 0.3 is 0 Å². The second-order valence-electron chi connectivity index (χ2n) is 3.11. The van der Waals surface area contributed by atoms with Crippen LogP contribution in [0.2, 0.25) is 5.02 Å². The zero-order valence-corrected chi connectivity index (χ0v) is 9.99. The molecule has 1 nitrogen and oxygen atoms in total. The predicted octanol–water partition coefficient (Wildman–Crippen LogP) is 4.73. The molecule has 0 radical (unpaired) electrons. The fraction of sp³-hybridized carbons (Fsp3) is 0.100. The number of rotatable bonds is 1. The van der Waals surface area contributed by atoms with Crippen LogP contribution >= 0.6 is 27.5 Å². The van der Waals surface area contributed by atoms with E-state index in [1.807, 2.05) is 0 Å². The lowest BCUT2D eigenvalue weighted by atomic mass is 10.2. The van der Waals surface area contributed by atoms with E-state index in [1.165, 1.54) is 6.07 Å². The number of aromatic nitrogens is 1. The third-order valence-corrected chi connectivity index (χ3v) is 2.96. The number of nitrogens with zero attached hydrogens (tertiary/aromatic N) is 1. The lowest BCUT2D eigenvalue weighted by Gasteiger charge is -2.05. The molecule has 0 aliphatic heterocycles. The first-order valence-electron chi connectivity index (χ1n) is 4.22. The maximum atomic E-state index is 13.2.